The minimum atomic E-state index is -1.61. The van der Waals surface area contributed by atoms with Crippen molar-refractivity contribution in [2.75, 3.05) is 26.4 Å². The summed E-state index contributed by atoms with van der Waals surface area (Å²) in [5.74, 6) is 0. The molecule has 0 fully saturated rings. The lowest BCUT2D eigenvalue weighted by Crippen LogP contribution is -2.22. The molecule has 0 heterocycles. The van der Waals surface area contributed by atoms with Gasteiger partial charge in [-0.3, -0.25) is 4.52 Å². The Bertz CT molecular complexity index is 339. The maximum absolute atomic E-state index is 8.82. The summed E-state index contributed by atoms with van der Waals surface area (Å²) in [4.78, 5) is 0. The molecular formula is C22H46NO5P. The Morgan fingerprint density at radius 3 is 1.76 bits per heavy atom. The van der Waals surface area contributed by atoms with Gasteiger partial charge in [-0.05, 0) is 38.5 Å². The van der Waals surface area contributed by atoms with Gasteiger partial charge in [0, 0.05) is 0 Å². The second kappa shape index (κ2) is 24.2. The molecule has 1 unspecified atom stereocenters. The van der Waals surface area contributed by atoms with E-state index in [0.717, 1.165) is 19.3 Å². The molecule has 0 saturated carbocycles. The normalized spacial score (nSPS) is 13.0. The van der Waals surface area contributed by atoms with E-state index in [0.29, 0.717) is 0 Å². The van der Waals surface area contributed by atoms with E-state index < -0.39 is 14.8 Å². The van der Waals surface area contributed by atoms with Crippen molar-refractivity contribution in [3.8, 4) is 0 Å². The van der Waals surface area contributed by atoms with Crippen molar-refractivity contribution in [3.05, 3.63) is 12.2 Å². The molecule has 7 heteroatoms. The largest absolute Gasteiger partial charge is 0.394 e. The summed E-state index contributed by atoms with van der Waals surface area (Å²) in [6.45, 7) is 2.33. The third kappa shape index (κ3) is 22.4. The summed E-state index contributed by atoms with van der Waals surface area (Å²) in [6.07, 6.45) is 21.5. The smallest absolute Gasteiger partial charge is 0.334 e. The summed E-state index contributed by atoms with van der Waals surface area (Å²) in [5, 5.41) is 17.6. The highest BCUT2D eigenvalue weighted by Gasteiger charge is 2.16. The van der Waals surface area contributed by atoms with Crippen LogP contribution in [0.1, 0.15) is 96.8 Å². The summed E-state index contributed by atoms with van der Waals surface area (Å²) in [5.41, 5.74) is 5.97. The zero-order valence-corrected chi connectivity index (χ0v) is 19.5. The second-order valence-electron chi connectivity index (χ2n) is 7.35. The Labute approximate surface area is 180 Å². The summed E-state index contributed by atoms with van der Waals surface area (Å²) in [7, 11) is -1.61. The highest BCUT2D eigenvalue weighted by atomic mass is 31.2. The molecule has 6 nitrogen and oxygen atoms in total. The monoisotopic (exact) mass is 435 g/mol. The van der Waals surface area contributed by atoms with Crippen molar-refractivity contribution < 1.29 is 23.8 Å². The van der Waals surface area contributed by atoms with E-state index in [2.05, 4.69) is 19.1 Å². The molecule has 0 bridgehead atoms. The van der Waals surface area contributed by atoms with Crippen LogP contribution in [0.2, 0.25) is 0 Å². The number of rotatable bonds is 23. The van der Waals surface area contributed by atoms with Crippen molar-refractivity contribution in [1.29, 1.82) is 0 Å². The topological polar surface area (TPSA) is 94.2 Å². The molecule has 0 spiro atoms. The molecule has 0 aliphatic heterocycles. The Morgan fingerprint density at radius 2 is 1.24 bits per heavy atom. The molecule has 174 valence electrons. The van der Waals surface area contributed by atoms with Crippen LogP contribution < -0.4 is 5.73 Å². The van der Waals surface area contributed by atoms with Gasteiger partial charge in [-0.15, -0.1) is 0 Å². The maximum atomic E-state index is 8.82. The Hall–Kier alpha value is -0.0700. The van der Waals surface area contributed by atoms with Gasteiger partial charge in [0.15, 0.2) is 0 Å². The van der Waals surface area contributed by atoms with E-state index in [1.807, 2.05) is 0 Å². The van der Waals surface area contributed by atoms with Crippen LogP contribution >= 0.6 is 8.60 Å². The van der Waals surface area contributed by atoms with E-state index in [1.165, 1.54) is 70.6 Å². The minimum Gasteiger partial charge on any atom is -0.394 e. The fraction of sp³-hybridized carbons (Fsp3) is 0.909. The van der Waals surface area contributed by atoms with Crippen LogP contribution in [-0.4, -0.2) is 42.9 Å². The average molecular weight is 436 g/mol. The number of hydrogen-bond donors (Lipinski definition) is 3. The molecule has 0 aliphatic carbocycles. The SMILES string of the molecule is CCCCCCCC/C=C\CCCCCCCC(N)OP(OCCO)OCCO. The highest BCUT2D eigenvalue weighted by Crippen LogP contribution is 2.40. The van der Waals surface area contributed by atoms with Crippen LogP contribution in [0.3, 0.4) is 0 Å². The fourth-order valence-corrected chi connectivity index (χ4v) is 3.89. The van der Waals surface area contributed by atoms with Gasteiger partial charge in [-0.2, -0.15) is 0 Å². The average Bonchev–Trinajstić information content (AvgIpc) is 2.72. The number of allylic oxidation sites excluding steroid dienone is 2. The number of hydrogen-bond acceptors (Lipinski definition) is 6. The van der Waals surface area contributed by atoms with Crippen molar-refractivity contribution in [1.82, 2.24) is 0 Å². The third-order valence-corrected chi connectivity index (χ3v) is 5.78. The molecule has 0 saturated heterocycles. The molecule has 0 aromatic rings. The molecule has 29 heavy (non-hydrogen) atoms. The molecule has 0 aliphatic rings. The summed E-state index contributed by atoms with van der Waals surface area (Å²) < 4.78 is 16.1. The van der Waals surface area contributed by atoms with Gasteiger partial charge >= 0.3 is 8.60 Å². The number of aliphatic hydroxyl groups excluding tert-OH is 2. The van der Waals surface area contributed by atoms with Crippen LogP contribution in [-0.2, 0) is 13.6 Å². The van der Waals surface area contributed by atoms with Gasteiger partial charge < -0.3 is 25.0 Å². The van der Waals surface area contributed by atoms with Crippen LogP contribution in [0.15, 0.2) is 12.2 Å². The summed E-state index contributed by atoms with van der Waals surface area (Å²) >= 11 is 0. The van der Waals surface area contributed by atoms with E-state index in [9.17, 15) is 0 Å². The van der Waals surface area contributed by atoms with Gasteiger partial charge in [0.05, 0.1) is 26.4 Å². The summed E-state index contributed by atoms with van der Waals surface area (Å²) in [6, 6.07) is 0. The third-order valence-electron chi connectivity index (χ3n) is 4.55. The highest BCUT2D eigenvalue weighted by molar-refractivity contribution is 7.41. The molecular weight excluding hydrogens is 389 g/mol. The lowest BCUT2D eigenvalue weighted by Gasteiger charge is -2.20. The first kappa shape index (κ1) is 28.9. The van der Waals surface area contributed by atoms with Crippen LogP contribution in [0, 0.1) is 0 Å². The van der Waals surface area contributed by atoms with E-state index in [4.69, 9.17) is 29.5 Å². The van der Waals surface area contributed by atoms with Gasteiger partial charge in [0.1, 0.15) is 6.23 Å². The van der Waals surface area contributed by atoms with Gasteiger partial charge in [0.25, 0.3) is 0 Å². The fourth-order valence-electron chi connectivity index (χ4n) is 2.91. The Balaban J connectivity index is 3.48. The molecule has 0 aromatic heterocycles. The molecule has 0 radical (unpaired) electrons. The Morgan fingerprint density at radius 1 is 0.759 bits per heavy atom. The van der Waals surface area contributed by atoms with Crippen molar-refractivity contribution in [2.45, 2.75) is 103 Å². The van der Waals surface area contributed by atoms with Crippen LogP contribution in [0.4, 0.5) is 0 Å². The zero-order valence-electron chi connectivity index (χ0n) is 18.6. The van der Waals surface area contributed by atoms with Crippen LogP contribution in [0.5, 0.6) is 0 Å². The first-order valence-electron chi connectivity index (χ1n) is 11.6. The Kier molecular flexibility index (Phi) is 24.1. The van der Waals surface area contributed by atoms with Crippen molar-refractivity contribution in [3.63, 3.8) is 0 Å². The quantitative estimate of drug-likeness (QED) is 0.0841. The van der Waals surface area contributed by atoms with E-state index in [1.54, 1.807) is 0 Å². The van der Waals surface area contributed by atoms with E-state index in [-0.39, 0.29) is 26.4 Å². The molecule has 0 amide bonds. The number of unbranched alkanes of at least 4 members (excludes halogenated alkanes) is 11. The molecule has 0 aromatic carbocycles. The molecule has 4 N–H and O–H groups in total. The van der Waals surface area contributed by atoms with Gasteiger partial charge in [-0.25, -0.2) is 0 Å². The number of aliphatic hydroxyl groups is 2. The van der Waals surface area contributed by atoms with Gasteiger partial charge in [-0.1, -0.05) is 70.4 Å². The maximum Gasteiger partial charge on any atom is 0.334 e. The zero-order chi connectivity index (χ0) is 21.4. The minimum absolute atomic E-state index is 0.103. The molecule has 1 atom stereocenters. The van der Waals surface area contributed by atoms with Crippen molar-refractivity contribution >= 4 is 8.60 Å². The van der Waals surface area contributed by atoms with Gasteiger partial charge in [0.2, 0.25) is 0 Å². The lowest BCUT2D eigenvalue weighted by atomic mass is 10.1. The lowest BCUT2D eigenvalue weighted by molar-refractivity contribution is 0.0900. The predicted molar refractivity (Wildman–Crippen MR) is 122 cm³/mol. The van der Waals surface area contributed by atoms with E-state index >= 15 is 0 Å². The predicted octanol–water partition coefficient (Wildman–Crippen LogP) is 5.57. The second-order valence-corrected chi connectivity index (χ2v) is 8.53. The van der Waals surface area contributed by atoms with Crippen LogP contribution in [0.25, 0.3) is 0 Å². The van der Waals surface area contributed by atoms with Crippen molar-refractivity contribution in [2.24, 2.45) is 5.73 Å². The first-order valence-corrected chi connectivity index (χ1v) is 12.7. The standard InChI is InChI=1S/C22H46NO5P/c1-2-3-4-5-6-7-8-9-10-11-12-13-14-15-16-17-22(23)28-29(26-20-18-24)27-21-19-25/h9-10,22,24-25H,2-8,11-21,23H2,1H3/b10-9-. The first-order chi connectivity index (χ1) is 14.2. The number of nitrogens with two attached hydrogens (primary N) is 1. The molecule has 0 rings (SSSR count).